The van der Waals surface area contributed by atoms with Crippen LogP contribution in [0.1, 0.15) is 36.5 Å². The zero-order valence-electron chi connectivity index (χ0n) is 14.4. The molecule has 1 amide bonds. The Morgan fingerprint density at radius 2 is 1.85 bits per heavy atom. The summed E-state index contributed by atoms with van der Waals surface area (Å²) in [5.41, 5.74) is 4.45. The van der Waals surface area contributed by atoms with Crippen LogP contribution in [0.2, 0.25) is 0 Å². The predicted octanol–water partition coefficient (Wildman–Crippen LogP) is 3.78. The van der Waals surface area contributed by atoms with E-state index in [4.69, 9.17) is 14.6 Å². The Morgan fingerprint density at radius 3 is 2.58 bits per heavy atom. The van der Waals surface area contributed by atoms with E-state index in [1.54, 1.807) is 5.01 Å². The highest BCUT2D eigenvalue weighted by atomic mass is 16.7. The quantitative estimate of drug-likeness (QED) is 0.831. The molecule has 130 valence electrons. The maximum atomic E-state index is 12.8. The van der Waals surface area contributed by atoms with Gasteiger partial charge in [-0.1, -0.05) is 30.3 Å². The molecule has 0 aromatic heterocycles. The normalized spacial score (nSPS) is 18.0. The number of ether oxygens (including phenoxy) is 2. The van der Waals surface area contributed by atoms with Gasteiger partial charge in [-0.2, -0.15) is 5.10 Å². The molecule has 5 heteroatoms. The minimum absolute atomic E-state index is 0.0695. The minimum atomic E-state index is 0.0695. The Bertz CT molecular complexity index is 959. The fourth-order valence-electron chi connectivity index (χ4n) is 3.34. The van der Waals surface area contributed by atoms with Crippen LogP contribution < -0.4 is 9.47 Å². The molecule has 0 radical (unpaired) electrons. The van der Waals surface area contributed by atoms with Crippen LogP contribution in [0.25, 0.3) is 6.08 Å². The Labute approximate surface area is 151 Å². The lowest BCUT2D eigenvalue weighted by atomic mass is 9.96. The molecule has 0 spiro atoms. The first-order chi connectivity index (χ1) is 12.7. The summed E-state index contributed by atoms with van der Waals surface area (Å²) >= 11 is 0. The number of benzene rings is 2. The van der Waals surface area contributed by atoms with E-state index in [0.717, 1.165) is 46.7 Å². The zero-order chi connectivity index (χ0) is 17.7. The second-order valence-corrected chi connectivity index (χ2v) is 6.82. The lowest BCUT2D eigenvalue weighted by Gasteiger charge is -2.18. The number of rotatable bonds is 2. The van der Waals surface area contributed by atoms with E-state index in [1.165, 1.54) is 0 Å². The van der Waals surface area contributed by atoms with Crippen LogP contribution in [-0.4, -0.2) is 23.4 Å². The van der Waals surface area contributed by atoms with Crippen molar-refractivity contribution in [3.63, 3.8) is 0 Å². The van der Waals surface area contributed by atoms with E-state index in [-0.39, 0.29) is 18.6 Å². The number of hydrogen-bond donors (Lipinski definition) is 0. The maximum absolute atomic E-state index is 12.8. The van der Waals surface area contributed by atoms with Crippen molar-refractivity contribution in [1.82, 2.24) is 5.01 Å². The molecule has 0 saturated heterocycles. The number of carbonyl (C=O) groups excluding carboxylic acids is 1. The van der Waals surface area contributed by atoms with Crippen LogP contribution in [0.4, 0.5) is 0 Å². The first-order valence-electron chi connectivity index (χ1n) is 8.81. The Balaban J connectivity index is 1.72. The van der Waals surface area contributed by atoms with Gasteiger partial charge in [0.25, 0.3) is 0 Å². The van der Waals surface area contributed by atoms with Crippen molar-refractivity contribution in [2.24, 2.45) is 11.0 Å². The number of allylic oxidation sites excluding steroid dienone is 1. The van der Waals surface area contributed by atoms with Gasteiger partial charge in [0.1, 0.15) is 0 Å². The molecule has 0 N–H and O–H groups in total. The van der Waals surface area contributed by atoms with Gasteiger partial charge in [-0.15, -0.1) is 0 Å². The van der Waals surface area contributed by atoms with Gasteiger partial charge in [0.05, 0.1) is 5.71 Å². The summed E-state index contributed by atoms with van der Waals surface area (Å²) < 4.78 is 11.1. The molecule has 5 nitrogen and oxygen atoms in total. The van der Waals surface area contributed by atoms with Gasteiger partial charge in [0, 0.05) is 22.7 Å². The highest BCUT2D eigenvalue weighted by Gasteiger charge is 2.35. The number of nitrogens with zero attached hydrogens (tertiary/aromatic N) is 2. The van der Waals surface area contributed by atoms with Gasteiger partial charge in [-0.3, -0.25) is 4.79 Å². The highest BCUT2D eigenvalue weighted by Crippen LogP contribution is 2.39. The largest absolute Gasteiger partial charge is 0.454 e. The summed E-state index contributed by atoms with van der Waals surface area (Å²) in [7, 11) is 0. The summed E-state index contributed by atoms with van der Waals surface area (Å²) in [6, 6.07) is 13.9. The van der Waals surface area contributed by atoms with Crippen molar-refractivity contribution >= 4 is 17.7 Å². The van der Waals surface area contributed by atoms with Gasteiger partial charge in [0.15, 0.2) is 11.5 Å². The molecule has 1 fully saturated rings. The first kappa shape index (κ1) is 15.2. The summed E-state index contributed by atoms with van der Waals surface area (Å²) in [5.74, 6) is 1.60. The van der Waals surface area contributed by atoms with Gasteiger partial charge < -0.3 is 9.47 Å². The topological polar surface area (TPSA) is 51.1 Å². The summed E-state index contributed by atoms with van der Waals surface area (Å²) in [6.07, 6.45) is 3.89. The molecule has 5 rings (SSSR count). The lowest BCUT2D eigenvalue weighted by Crippen LogP contribution is -2.26. The van der Waals surface area contributed by atoms with E-state index in [9.17, 15) is 4.79 Å². The molecule has 0 bridgehead atoms. The third-order valence-corrected chi connectivity index (χ3v) is 4.88. The maximum Gasteiger partial charge on any atom is 0.250 e. The van der Waals surface area contributed by atoms with Crippen LogP contribution in [0.3, 0.4) is 0 Å². The molecule has 1 saturated carbocycles. The van der Waals surface area contributed by atoms with E-state index >= 15 is 0 Å². The molecule has 2 aromatic carbocycles. The molecule has 3 aliphatic rings. The molecule has 1 aliphatic carbocycles. The van der Waals surface area contributed by atoms with Crippen LogP contribution in [0.15, 0.2) is 53.3 Å². The van der Waals surface area contributed by atoms with E-state index in [2.05, 4.69) is 0 Å². The number of hydrogen-bond acceptors (Lipinski definition) is 4. The molecule has 0 unspecified atom stereocenters. The minimum Gasteiger partial charge on any atom is -0.454 e. The van der Waals surface area contributed by atoms with Crippen molar-refractivity contribution in [2.45, 2.75) is 19.8 Å². The average Bonchev–Trinajstić information content (AvgIpc) is 3.43. The Morgan fingerprint density at radius 1 is 1.12 bits per heavy atom. The molecule has 2 aromatic rings. The molecule has 0 atom stereocenters. The predicted molar refractivity (Wildman–Crippen MR) is 97.9 cm³/mol. The first-order valence-corrected chi connectivity index (χ1v) is 8.81. The van der Waals surface area contributed by atoms with Crippen LogP contribution in [-0.2, 0) is 4.79 Å². The monoisotopic (exact) mass is 346 g/mol. The molecular weight excluding hydrogens is 328 g/mol. The van der Waals surface area contributed by atoms with Crippen LogP contribution in [0, 0.1) is 5.92 Å². The molecule has 2 heterocycles. The standard InChI is InChI=1S/C21H18N2O3/c1-13-9-16-10-18-19(26-12-25-18)11-17(16)20(14-5-3-2-4-6-14)22-23(13)21(24)15-7-8-15/h2-6,9-11,15H,7-8,12H2,1H3. The number of carbonyl (C=O) groups is 1. The van der Waals surface area contributed by atoms with Crippen molar-refractivity contribution in [3.05, 3.63) is 64.9 Å². The summed E-state index contributed by atoms with van der Waals surface area (Å²) in [6.45, 7) is 2.15. The second kappa shape index (κ2) is 5.73. The fraction of sp³-hybridized carbons (Fsp3) is 0.238. The van der Waals surface area contributed by atoms with Crippen LogP contribution in [0.5, 0.6) is 11.5 Å². The van der Waals surface area contributed by atoms with E-state index in [0.29, 0.717) is 5.75 Å². The molecule has 2 aliphatic heterocycles. The van der Waals surface area contributed by atoms with Gasteiger partial charge in [-0.25, -0.2) is 5.01 Å². The summed E-state index contributed by atoms with van der Waals surface area (Å²) in [4.78, 5) is 12.8. The third-order valence-electron chi connectivity index (χ3n) is 4.88. The Kier molecular flexibility index (Phi) is 3.35. The van der Waals surface area contributed by atoms with Crippen molar-refractivity contribution < 1.29 is 14.3 Å². The van der Waals surface area contributed by atoms with Gasteiger partial charge in [-0.05, 0) is 43.5 Å². The SMILES string of the molecule is CC1=Cc2cc3c(cc2C(c2ccccc2)=NN1C(=O)C1CC1)OCO3. The molecular formula is C21H18N2O3. The average molecular weight is 346 g/mol. The van der Waals surface area contributed by atoms with E-state index < -0.39 is 0 Å². The van der Waals surface area contributed by atoms with Crippen molar-refractivity contribution in [2.75, 3.05) is 6.79 Å². The second-order valence-electron chi connectivity index (χ2n) is 6.82. The number of amides is 1. The van der Waals surface area contributed by atoms with Crippen molar-refractivity contribution in [3.8, 4) is 11.5 Å². The lowest BCUT2D eigenvalue weighted by molar-refractivity contribution is -0.130. The zero-order valence-corrected chi connectivity index (χ0v) is 14.4. The van der Waals surface area contributed by atoms with Gasteiger partial charge in [0.2, 0.25) is 12.7 Å². The number of hydrazone groups is 1. The highest BCUT2D eigenvalue weighted by molar-refractivity contribution is 6.16. The fourth-order valence-corrected chi connectivity index (χ4v) is 3.34. The third kappa shape index (κ3) is 2.47. The van der Waals surface area contributed by atoms with E-state index in [1.807, 2.05) is 55.5 Å². The van der Waals surface area contributed by atoms with Gasteiger partial charge >= 0.3 is 0 Å². The number of fused-ring (bicyclic) bond motifs is 2. The molecule has 26 heavy (non-hydrogen) atoms. The summed E-state index contributed by atoms with van der Waals surface area (Å²) in [5, 5.41) is 6.35. The van der Waals surface area contributed by atoms with Crippen molar-refractivity contribution in [1.29, 1.82) is 0 Å². The smallest absolute Gasteiger partial charge is 0.250 e. The van der Waals surface area contributed by atoms with Crippen LogP contribution >= 0.6 is 0 Å². The Hall–Kier alpha value is -3.08.